The Morgan fingerprint density at radius 2 is 1.63 bits per heavy atom. The number of oxazole rings is 1. The maximum Gasteiger partial charge on any atom is 0.416 e. The number of benzene rings is 2. The van der Waals surface area contributed by atoms with Crippen molar-refractivity contribution in [3.05, 3.63) is 101 Å². The van der Waals surface area contributed by atoms with Crippen molar-refractivity contribution in [2.75, 3.05) is 0 Å². The van der Waals surface area contributed by atoms with E-state index in [0.29, 0.717) is 0 Å². The van der Waals surface area contributed by atoms with Crippen molar-refractivity contribution >= 4 is 17.7 Å². The van der Waals surface area contributed by atoms with Crippen molar-refractivity contribution in [2.45, 2.75) is 29.8 Å². The van der Waals surface area contributed by atoms with Gasteiger partial charge in [0, 0.05) is 6.54 Å². The molecule has 0 bridgehead atoms. The number of halogens is 6. The predicted octanol–water partition coefficient (Wildman–Crippen LogP) is 6.78. The van der Waals surface area contributed by atoms with E-state index in [1.165, 1.54) is 35.1 Å². The van der Waals surface area contributed by atoms with Crippen molar-refractivity contribution in [1.29, 1.82) is 0 Å². The molecule has 0 spiro atoms. The second-order valence-corrected chi connectivity index (χ2v) is 9.41. The monoisotopic (exact) mass is 593 g/mol. The first-order valence-electron chi connectivity index (χ1n) is 11.7. The fraction of sp³-hybridized carbons (Fsp3) is 0.154. The molecule has 0 aliphatic carbocycles. The Morgan fingerprint density at radius 3 is 2.34 bits per heavy atom. The molecule has 1 amide bonds. The molecule has 5 rings (SSSR count). The van der Waals surface area contributed by atoms with Crippen molar-refractivity contribution in [2.24, 2.45) is 0 Å². The number of hydrogen-bond acceptors (Lipinski definition) is 7. The first-order chi connectivity index (χ1) is 19.5. The molecule has 0 atom stereocenters. The Labute approximate surface area is 231 Å². The average Bonchev–Trinajstić information content (AvgIpc) is 3.71. The van der Waals surface area contributed by atoms with E-state index in [2.05, 4.69) is 20.5 Å². The van der Waals surface area contributed by atoms with Crippen LogP contribution >= 0.6 is 11.8 Å². The summed E-state index contributed by atoms with van der Waals surface area (Å²) in [4.78, 5) is 16.6. The number of carbonyl (C=O) groups is 1. The van der Waals surface area contributed by atoms with Gasteiger partial charge in [0.05, 0.1) is 28.8 Å². The van der Waals surface area contributed by atoms with Gasteiger partial charge in [-0.05, 0) is 48.0 Å². The molecule has 1 N–H and O–H groups in total. The number of thioether (sulfide) groups is 1. The summed E-state index contributed by atoms with van der Waals surface area (Å²) in [5.41, 5.74) is -1.42. The molecule has 2 aromatic carbocycles. The normalized spacial score (nSPS) is 12.0. The summed E-state index contributed by atoms with van der Waals surface area (Å²) in [5.74, 6) is -0.112. The van der Waals surface area contributed by atoms with Crippen molar-refractivity contribution in [3.63, 3.8) is 0 Å². The van der Waals surface area contributed by atoms with Gasteiger partial charge in [0.2, 0.25) is 11.7 Å². The van der Waals surface area contributed by atoms with Crippen LogP contribution in [-0.4, -0.2) is 25.7 Å². The highest BCUT2D eigenvalue weighted by molar-refractivity contribution is 7.98. The van der Waals surface area contributed by atoms with Crippen LogP contribution in [-0.2, 0) is 24.7 Å². The molecule has 0 saturated heterocycles. The minimum absolute atomic E-state index is 0.0240. The second-order valence-electron chi connectivity index (χ2n) is 8.46. The highest BCUT2D eigenvalue weighted by Crippen LogP contribution is 2.34. The fourth-order valence-electron chi connectivity index (χ4n) is 3.72. The predicted molar refractivity (Wildman–Crippen MR) is 133 cm³/mol. The van der Waals surface area contributed by atoms with Crippen LogP contribution in [0.25, 0.3) is 17.3 Å². The van der Waals surface area contributed by atoms with Crippen LogP contribution in [0.3, 0.4) is 0 Å². The van der Waals surface area contributed by atoms with Crippen LogP contribution in [0.2, 0.25) is 0 Å². The largest absolute Gasteiger partial charge is 0.461 e. The van der Waals surface area contributed by atoms with E-state index in [1.54, 1.807) is 12.1 Å². The van der Waals surface area contributed by atoms with Gasteiger partial charge >= 0.3 is 12.4 Å². The van der Waals surface area contributed by atoms with Gasteiger partial charge < -0.3 is 14.2 Å². The zero-order chi connectivity index (χ0) is 29.2. The molecule has 3 aromatic heterocycles. The van der Waals surface area contributed by atoms with E-state index in [-0.39, 0.29) is 51.9 Å². The Morgan fingerprint density at radius 1 is 0.902 bits per heavy atom. The van der Waals surface area contributed by atoms with E-state index < -0.39 is 29.4 Å². The van der Waals surface area contributed by atoms with Crippen molar-refractivity contribution in [1.82, 2.24) is 25.1 Å². The third-order valence-corrected chi connectivity index (χ3v) is 6.54. The molecule has 0 radical (unpaired) electrons. The van der Waals surface area contributed by atoms with Gasteiger partial charge in [-0.15, -0.1) is 10.2 Å². The molecule has 0 aliphatic heterocycles. The number of aromatic nitrogens is 4. The summed E-state index contributed by atoms with van der Waals surface area (Å²) < 4.78 is 91.0. The van der Waals surface area contributed by atoms with E-state index in [9.17, 15) is 31.1 Å². The summed E-state index contributed by atoms with van der Waals surface area (Å²) in [6, 6.07) is 12.4. The first-order valence-corrected chi connectivity index (χ1v) is 12.7. The number of carbonyl (C=O) groups excluding carboxylic acids is 1. The van der Waals surface area contributed by atoms with Crippen LogP contribution in [0.4, 0.5) is 26.3 Å². The summed E-state index contributed by atoms with van der Waals surface area (Å²) in [5, 5.41) is 10.9. The Hall–Kier alpha value is -4.53. The molecule has 0 aliphatic rings. The quantitative estimate of drug-likeness (QED) is 0.157. The SMILES string of the molecule is O=C(NCc1cccc(C(F)(F)F)c1)c1coc(CSc2nnc(-c3ccco3)n2-c2cccc(C(F)(F)F)c2)n1. The molecule has 15 heteroatoms. The standard InChI is InChI=1S/C26H17F6N5O3S/c27-25(28,29)16-5-1-4-15(10-16)12-33-23(38)19-13-40-21(34-19)14-41-24-36-35-22(20-8-3-9-39-20)37(24)18-7-2-6-17(11-18)26(30,31)32/h1-11,13H,12,14H2,(H,33,38). The molecular formula is C26H17F6N5O3S. The summed E-state index contributed by atoms with van der Waals surface area (Å²) in [7, 11) is 0. The van der Waals surface area contributed by atoms with Gasteiger partial charge in [-0.3, -0.25) is 9.36 Å². The van der Waals surface area contributed by atoms with Crippen molar-refractivity contribution < 1.29 is 40.0 Å². The minimum atomic E-state index is -4.57. The van der Waals surface area contributed by atoms with Gasteiger partial charge in [0.1, 0.15) is 6.26 Å². The van der Waals surface area contributed by atoms with Gasteiger partial charge in [0.25, 0.3) is 5.91 Å². The zero-order valence-corrected chi connectivity index (χ0v) is 21.3. The molecule has 41 heavy (non-hydrogen) atoms. The van der Waals surface area contributed by atoms with Crippen LogP contribution in [0.1, 0.15) is 33.1 Å². The number of nitrogens with zero attached hydrogens (tertiary/aromatic N) is 4. The van der Waals surface area contributed by atoms with Gasteiger partial charge in [-0.1, -0.05) is 30.0 Å². The summed E-state index contributed by atoms with van der Waals surface area (Å²) in [6.07, 6.45) is -6.61. The van der Waals surface area contributed by atoms with E-state index in [4.69, 9.17) is 8.83 Å². The first kappa shape index (κ1) is 28.0. The van der Waals surface area contributed by atoms with E-state index >= 15 is 0 Å². The Balaban J connectivity index is 1.31. The van der Waals surface area contributed by atoms with E-state index in [1.807, 2.05) is 0 Å². The molecule has 0 saturated carbocycles. The Bertz CT molecular complexity index is 1660. The van der Waals surface area contributed by atoms with E-state index in [0.717, 1.165) is 42.3 Å². The number of nitrogens with one attached hydrogen (secondary N) is 1. The number of amides is 1. The molecular weight excluding hydrogens is 576 g/mol. The molecule has 0 unspecified atom stereocenters. The maximum absolute atomic E-state index is 13.4. The third-order valence-electron chi connectivity index (χ3n) is 5.62. The van der Waals surface area contributed by atoms with Crippen LogP contribution in [0.15, 0.2) is 87.2 Å². The van der Waals surface area contributed by atoms with Crippen LogP contribution < -0.4 is 5.32 Å². The molecule has 0 fully saturated rings. The second kappa shape index (κ2) is 11.2. The highest BCUT2D eigenvalue weighted by atomic mass is 32.2. The number of furan rings is 1. The maximum atomic E-state index is 13.4. The fourth-order valence-corrected chi connectivity index (χ4v) is 4.53. The number of alkyl halides is 6. The minimum Gasteiger partial charge on any atom is -0.461 e. The van der Waals surface area contributed by atoms with Gasteiger partial charge in [-0.2, -0.15) is 26.3 Å². The lowest BCUT2D eigenvalue weighted by atomic mass is 10.1. The summed E-state index contributed by atoms with van der Waals surface area (Å²) >= 11 is 1.04. The molecule has 212 valence electrons. The van der Waals surface area contributed by atoms with Crippen LogP contribution in [0.5, 0.6) is 0 Å². The number of hydrogen-bond donors (Lipinski definition) is 1. The summed E-state index contributed by atoms with van der Waals surface area (Å²) in [6.45, 7) is -0.171. The average molecular weight is 594 g/mol. The van der Waals surface area contributed by atoms with Crippen molar-refractivity contribution in [3.8, 4) is 17.3 Å². The zero-order valence-electron chi connectivity index (χ0n) is 20.5. The lowest BCUT2D eigenvalue weighted by Gasteiger charge is -2.12. The Kier molecular flexibility index (Phi) is 7.62. The van der Waals surface area contributed by atoms with Gasteiger partial charge in [0.15, 0.2) is 16.6 Å². The van der Waals surface area contributed by atoms with Gasteiger partial charge in [-0.25, -0.2) is 4.98 Å². The third kappa shape index (κ3) is 6.45. The number of rotatable bonds is 8. The van der Waals surface area contributed by atoms with Crippen LogP contribution in [0, 0.1) is 0 Å². The lowest BCUT2D eigenvalue weighted by molar-refractivity contribution is -0.138. The molecule has 5 aromatic rings. The topological polar surface area (TPSA) is 99.0 Å². The highest BCUT2D eigenvalue weighted by Gasteiger charge is 2.32. The smallest absolute Gasteiger partial charge is 0.416 e. The lowest BCUT2D eigenvalue weighted by Crippen LogP contribution is -2.23. The molecule has 8 nitrogen and oxygen atoms in total. The molecule has 3 heterocycles.